The number of ether oxygens (including phenoxy) is 1. The summed E-state index contributed by atoms with van der Waals surface area (Å²) in [6.45, 7) is 6.85. The van der Waals surface area contributed by atoms with E-state index in [1.165, 1.54) is 0 Å². The molecule has 1 aliphatic heterocycles. The van der Waals surface area contributed by atoms with Crippen LogP contribution in [0.5, 0.6) is 5.75 Å². The number of para-hydroxylation sites is 1. The fourth-order valence-electron chi connectivity index (χ4n) is 2.85. The SMILES string of the molecule is Cc1ccccc1OCCN1CCN(C(=O)c2cccnc2)CC1. The second-order valence-corrected chi connectivity index (χ2v) is 5.99. The summed E-state index contributed by atoms with van der Waals surface area (Å²) in [5, 5.41) is 0. The first-order valence-electron chi connectivity index (χ1n) is 8.34. The molecular weight excluding hydrogens is 302 g/mol. The highest BCUT2D eigenvalue weighted by molar-refractivity contribution is 5.93. The van der Waals surface area contributed by atoms with Crippen molar-refractivity contribution in [2.45, 2.75) is 6.92 Å². The number of aryl methyl sites for hydroxylation is 1. The number of amides is 1. The van der Waals surface area contributed by atoms with Crippen molar-refractivity contribution in [3.63, 3.8) is 0 Å². The van der Waals surface area contributed by atoms with Gasteiger partial charge in [-0.3, -0.25) is 14.7 Å². The number of carbonyl (C=O) groups is 1. The van der Waals surface area contributed by atoms with E-state index < -0.39 is 0 Å². The van der Waals surface area contributed by atoms with Crippen LogP contribution in [0.3, 0.4) is 0 Å². The van der Waals surface area contributed by atoms with E-state index in [0.717, 1.165) is 44.0 Å². The molecule has 1 aromatic heterocycles. The van der Waals surface area contributed by atoms with Crippen LogP contribution in [0.1, 0.15) is 15.9 Å². The molecule has 3 rings (SSSR count). The highest BCUT2D eigenvalue weighted by atomic mass is 16.5. The predicted octanol–water partition coefficient (Wildman–Crippen LogP) is 2.23. The Balaban J connectivity index is 1.42. The average Bonchev–Trinajstić information content (AvgIpc) is 2.64. The molecule has 0 unspecified atom stereocenters. The maximum Gasteiger partial charge on any atom is 0.255 e. The van der Waals surface area contributed by atoms with Crippen LogP contribution in [0.15, 0.2) is 48.8 Å². The number of carbonyl (C=O) groups excluding carboxylic acids is 1. The summed E-state index contributed by atoms with van der Waals surface area (Å²) in [5.74, 6) is 1.02. The first-order valence-corrected chi connectivity index (χ1v) is 8.34. The summed E-state index contributed by atoms with van der Waals surface area (Å²) < 4.78 is 5.85. The van der Waals surface area contributed by atoms with Crippen LogP contribution in [0.2, 0.25) is 0 Å². The van der Waals surface area contributed by atoms with E-state index in [-0.39, 0.29) is 5.91 Å². The minimum absolute atomic E-state index is 0.0684. The lowest BCUT2D eigenvalue weighted by atomic mass is 10.2. The second-order valence-electron chi connectivity index (χ2n) is 5.99. The van der Waals surface area contributed by atoms with Gasteiger partial charge in [0.15, 0.2) is 0 Å². The number of piperazine rings is 1. The fraction of sp³-hybridized carbons (Fsp3) is 0.368. The van der Waals surface area contributed by atoms with Crippen molar-refractivity contribution >= 4 is 5.91 Å². The quantitative estimate of drug-likeness (QED) is 0.846. The van der Waals surface area contributed by atoms with E-state index in [1.54, 1.807) is 18.5 Å². The number of aromatic nitrogens is 1. The van der Waals surface area contributed by atoms with Gasteiger partial charge in [-0.15, -0.1) is 0 Å². The Labute approximate surface area is 142 Å². The van der Waals surface area contributed by atoms with Gasteiger partial charge in [-0.1, -0.05) is 18.2 Å². The van der Waals surface area contributed by atoms with Crippen molar-refractivity contribution in [3.8, 4) is 5.75 Å². The number of nitrogens with zero attached hydrogens (tertiary/aromatic N) is 3. The Bertz CT molecular complexity index is 667. The monoisotopic (exact) mass is 325 g/mol. The molecule has 24 heavy (non-hydrogen) atoms. The number of pyridine rings is 1. The number of benzene rings is 1. The van der Waals surface area contributed by atoms with Gasteiger partial charge in [-0.05, 0) is 30.7 Å². The Hall–Kier alpha value is -2.40. The zero-order valence-electron chi connectivity index (χ0n) is 14.0. The molecule has 1 fully saturated rings. The summed E-state index contributed by atoms with van der Waals surface area (Å²) in [6.07, 6.45) is 3.31. The van der Waals surface area contributed by atoms with Crippen molar-refractivity contribution in [2.75, 3.05) is 39.3 Å². The van der Waals surface area contributed by atoms with Gasteiger partial charge in [0.25, 0.3) is 5.91 Å². The summed E-state index contributed by atoms with van der Waals surface area (Å²) in [5.41, 5.74) is 1.82. The van der Waals surface area contributed by atoms with Gasteiger partial charge in [0.2, 0.25) is 0 Å². The summed E-state index contributed by atoms with van der Waals surface area (Å²) >= 11 is 0. The molecule has 2 aromatic rings. The van der Waals surface area contributed by atoms with Crippen molar-refractivity contribution in [1.29, 1.82) is 0 Å². The molecule has 5 heteroatoms. The van der Waals surface area contributed by atoms with Crippen LogP contribution >= 0.6 is 0 Å². The number of rotatable bonds is 5. The Morgan fingerprint density at radius 2 is 1.92 bits per heavy atom. The van der Waals surface area contributed by atoms with Crippen LogP contribution < -0.4 is 4.74 Å². The topological polar surface area (TPSA) is 45.7 Å². The first kappa shape index (κ1) is 16.5. The molecule has 2 heterocycles. The molecule has 0 radical (unpaired) electrons. The van der Waals surface area contributed by atoms with E-state index in [2.05, 4.69) is 22.9 Å². The standard InChI is InChI=1S/C19H23N3O2/c1-16-5-2-3-7-18(16)24-14-13-21-9-11-22(12-10-21)19(23)17-6-4-8-20-15-17/h2-8,15H,9-14H2,1H3. The van der Waals surface area contributed by atoms with Crippen LogP contribution in [0.4, 0.5) is 0 Å². The van der Waals surface area contributed by atoms with Crippen LogP contribution in [0, 0.1) is 6.92 Å². The first-order chi connectivity index (χ1) is 11.7. The highest BCUT2D eigenvalue weighted by Crippen LogP contribution is 2.16. The third-order valence-electron chi connectivity index (χ3n) is 4.33. The smallest absolute Gasteiger partial charge is 0.255 e. The Morgan fingerprint density at radius 3 is 2.62 bits per heavy atom. The molecule has 0 saturated carbocycles. The molecule has 1 saturated heterocycles. The van der Waals surface area contributed by atoms with Gasteiger partial charge in [-0.25, -0.2) is 0 Å². The van der Waals surface area contributed by atoms with Crippen LogP contribution in [-0.2, 0) is 0 Å². The van der Waals surface area contributed by atoms with Crippen LogP contribution in [0.25, 0.3) is 0 Å². The lowest BCUT2D eigenvalue weighted by Crippen LogP contribution is -2.49. The molecule has 0 bridgehead atoms. The average molecular weight is 325 g/mol. The normalized spacial score (nSPS) is 15.3. The maximum absolute atomic E-state index is 12.4. The zero-order valence-corrected chi connectivity index (χ0v) is 14.0. The molecule has 1 aliphatic rings. The van der Waals surface area contributed by atoms with E-state index in [4.69, 9.17) is 4.74 Å². The summed E-state index contributed by atoms with van der Waals surface area (Å²) in [7, 11) is 0. The highest BCUT2D eigenvalue weighted by Gasteiger charge is 2.21. The van der Waals surface area contributed by atoms with Gasteiger partial charge in [0.05, 0.1) is 5.56 Å². The molecule has 0 N–H and O–H groups in total. The van der Waals surface area contributed by atoms with Crippen molar-refractivity contribution in [2.24, 2.45) is 0 Å². The summed E-state index contributed by atoms with van der Waals surface area (Å²) in [6, 6.07) is 11.7. The minimum Gasteiger partial charge on any atom is -0.492 e. The molecule has 0 atom stereocenters. The molecule has 5 nitrogen and oxygen atoms in total. The van der Waals surface area contributed by atoms with E-state index in [0.29, 0.717) is 12.2 Å². The van der Waals surface area contributed by atoms with Crippen molar-refractivity contribution in [3.05, 3.63) is 59.9 Å². The predicted molar refractivity (Wildman–Crippen MR) is 93.3 cm³/mol. The maximum atomic E-state index is 12.4. The fourth-order valence-corrected chi connectivity index (χ4v) is 2.85. The van der Waals surface area contributed by atoms with Gasteiger partial charge in [-0.2, -0.15) is 0 Å². The van der Waals surface area contributed by atoms with E-state index in [1.807, 2.05) is 29.2 Å². The Kier molecular flexibility index (Phi) is 5.43. The summed E-state index contributed by atoms with van der Waals surface area (Å²) in [4.78, 5) is 20.6. The molecular formula is C19H23N3O2. The lowest BCUT2D eigenvalue weighted by molar-refractivity contribution is 0.0619. The molecule has 126 valence electrons. The molecule has 0 spiro atoms. The van der Waals surface area contributed by atoms with Crippen LogP contribution in [-0.4, -0.2) is 60.0 Å². The van der Waals surface area contributed by atoms with Gasteiger partial charge < -0.3 is 9.64 Å². The molecule has 1 amide bonds. The van der Waals surface area contributed by atoms with Crippen molar-refractivity contribution in [1.82, 2.24) is 14.8 Å². The number of hydrogen-bond donors (Lipinski definition) is 0. The van der Waals surface area contributed by atoms with Gasteiger partial charge in [0.1, 0.15) is 12.4 Å². The van der Waals surface area contributed by atoms with E-state index in [9.17, 15) is 4.79 Å². The molecule has 0 aliphatic carbocycles. The van der Waals surface area contributed by atoms with Gasteiger partial charge >= 0.3 is 0 Å². The van der Waals surface area contributed by atoms with Gasteiger partial charge in [0, 0.05) is 45.1 Å². The lowest BCUT2D eigenvalue weighted by Gasteiger charge is -2.34. The number of hydrogen-bond acceptors (Lipinski definition) is 4. The Morgan fingerprint density at radius 1 is 1.12 bits per heavy atom. The van der Waals surface area contributed by atoms with Crippen molar-refractivity contribution < 1.29 is 9.53 Å². The van der Waals surface area contributed by atoms with E-state index >= 15 is 0 Å². The largest absolute Gasteiger partial charge is 0.492 e. The molecule has 1 aromatic carbocycles. The second kappa shape index (κ2) is 7.93. The zero-order chi connectivity index (χ0) is 16.8. The third-order valence-corrected chi connectivity index (χ3v) is 4.33. The minimum atomic E-state index is 0.0684. The third kappa shape index (κ3) is 4.11.